The van der Waals surface area contributed by atoms with Gasteiger partial charge in [-0.05, 0) is 26.2 Å². The molecule has 0 spiro atoms. The van der Waals surface area contributed by atoms with Crippen molar-refractivity contribution < 1.29 is 9.84 Å². The quantitative estimate of drug-likeness (QED) is 0.684. The van der Waals surface area contributed by atoms with Gasteiger partial charge in [0.05, 0.1) is 5.60 Å². The molecule has 13 heavy (non-hydrogen) atoms. The Morgan fingerprint density at radius 1 is 1.31 bits per heavy atom. The number of hydrogen-bond acceptors (Lipinski definition) is 2. The van der Waals surface area contributed by atoms with Crippen molar-refractivity contribution in [3.63, 3.8) is 0 Å². The first kappa shape index (κ1) is 11.0. The average molecular weight is 186 g/mol. The number of hydrogen-bond donors (Lipinski definition) is 1. The SMILES string of the molecule is CCC[C@@H](O)OC1(C)CCCCC1. The maximum atomic E-state index is 9.54. The number of aliphatic hydroxyl groups is 1. The lowest BCUT2D eigenvalue weighted by Crippen LogP contribution is -2.35. The molecule has 1 N–H and O–H groups in total. The van der Waals surface area contributed by atoms with Gasteiger partial charge in [0.1, 0.15) is 0 Å². The standard InChI is InChI=1S/C11H22O2/c1-3-7-10(12)13-11(2)8-5-4-6-9-11/h10,12H,3-9H2,1-2H3/t10-/m0/s1. The van der Waals surface area contributed by atoms with Crippen molar-refractivity contribution in [3.8, 4) is 0 Å². The third-order valence-corrected chi connectivity index (χ3v) is 2.87. The molecule has 0 bridgehead atoms. The van der Waals surface area contributed by atoms with Gasteiger partial charge in [-0.15, -0.1) is 0 Å². The zero-order valence-corrected chi connectivity index (χ0v) is 8.88. The highest BCUT2D eigenvalue weighted by molar-refractivity contribution is 4.79. The molecule has 1 aliphatic rings. The van der Waals surface area contributed by atoms with Crippen molar-refractivity contribution >= 4 is 0 Å². The Balaban J connectivity index is 2.31. The molecule has 1 saturated carbocycles. The van der Waals surface area contributed by atoms with E-state index < -0.39 is 6.29 Å². The van der Waals surface area contributed by atoms with Crippen LogP contribution in [0.15, 0.2) is 0 Å². The third kappa shape index (κ3) is 3.65. The maximum Gasteiger partial charge on any atom is 0.155 e. The van der Waals surface area contributed by atoms with Crippen LogP contribution in [0.1, 0.15) is 58.8 Å². The summed E-state index contributed by atoms with van der Waals surface area (Å²) in [5.74, 6) is 0. The second-order valence-electron chi connectivity index (χ2n) is 4.37. The van der Waals surface area contributed by atoms with Crippen LogP contribution in [0.3, 0.4) is 0 Å². The highest BCUT2D eigenvalue weighted by atomic mass is 16.6. The first-order valence-corrected chi connectivity index (χ1v) is 5.52. The highest BCUT2D eigenvalue weighted by Crippen LogP contribution is 2.32. The van der Waals surface area contributed by atoms with Crippen LogP contribution in [0.25, 0.3) is 0 Å². The summed E-state index contributed by atoms with van der Waals surface area (Å²) < 4.78 is 5.67. The van der Waals surface area contributed by atoms with E-state index in [2.05, 4.69) is 13.8 Å². The van der Waals surface area contributed by atoms with E-state index in [0.717, 1.165) is 25.7 Å². The van der Waals surface area contributed by atoms with Crippen LogP contribution in [0.4, 0.5) is 0 Å². The van der Waals surface area contributed by atoms with Gasteiger partial charge in [0.2, 0.25) is 0 Å². The lowest BCUT2D eigenvalue weighted by molar-refractivity contribution is -0.191. The van der Waals surface area contributed by atoms with Crippen molar-refractivity contribution in [2.45, 2.75) is 70.7 Å². The summed E-state index contributed by atoms with van der Waals surface area (Å²) >= 11 is 0. The fourth-order valence-corrected chi connectivity index (χ4v) is 2.05. The molecular weight excluding hydrogens is 164 g/mol. The summed E-state index contributed by atoms with van der Waals surface area (Å²) in [6, 6.07) is 0. The van der Waals surface area contributed by atoms with Gasteiger partial charge >= 0.3 is 0 Å². The second-order valence-corrected chi connectivity index (χ2v) is 4.37. The van der Waals surface area contributed by atoms with Crippen molar-refractivity contribution in [3.05, 3.63) is 0 Å². The number of ether oxygens (including phenoxy) is 1. The Kier molecular flexibility index (Phi) is 4.20. The Bertz CT molecular complexity index is 139. The summed E-state index contributed by atoms with van der Waals surface area (Å²) in [5.41, 5.74) is -0.0488. The number of aliphatic hydroxyl groups excluding tert-OH is 1. The van der Waals surface area contributed by atoms with E-state index in [1.54, 1.807) is 0 Å². The zero-order chi connectivity index (χ0) is 9.73. The summed E-state index contributed by atoms with van der Waals surface area (Å²) in [7, 11) is 0. The van der Waals surface area contributed by atoms with E-state index in [-0.39, 0.29) is 5.60 Å². The molecule has 0 unspecified atom stereocenters. The molecule has 0 aromatic carbocycles. The average Bonchev–Trinajstić information content (AvgIpc) is 2.04. The highest BCUT2D eigenvalue weighted by Gasteiger charge is 2.29. The minimum Gasteiger partial charge on any atom is -0.368 e. The molecule has 0 aromatic rings. The van der Waals surface area contributed by atoms with Crippen LogP contribution >= 0.6 is 0 Å². The fraction of sp³-hybridized carbons (Fsp3) is 1.00. The molecule has 0 aliphatic heterocycles. The van der Waals surface area contributed by atoms with Gasteiger partial charge < -0.3 is 9.84 Å². The molecule has 0 aromatic heterocycles. The van der Waals surface area contributed by atoms with Crippen LogP contribution < -0.4 is 0 Å². The molecular formula is C11H22O2. The van der Waals surface area contributed by atoms with Crippen molar-refractivity contribution in [1.82, 2.24) is 0 Å². The lowest BCUT2D eigenvalue weighted by atomic mass is 9.86. The monoisotopic (exact) mass is 186 g/mol. The topological polar surface area (TPSA) is 29.5 Å². The van der Waals surface area contributed by atoms with E-state index >= 15 is 0 Å². The minimum absolute atomic E-state index is 0.0488. The van der Waals surface area contributed by atoms with Gasteiger partial charge in [0.25, 0.3) is 0 Å². The van der Waals surface area contributed by atoms with E-state index in [4.69, 9.17) is 4.74 Å². The normalized spacial score (nSPS) is 24.2. The van der Waals surface area contributed by atoms with Gasteiger partial charge in [-0.1, -0.05) is 32.6 Å². The van der Waals surface area contributed by atoms with Crippen LogP contribution in [-0.4, -0.2) is 17.0 Å². The van der Waals surface area contributed by atoms with Gasteiger partial charge in [-0.2, -0.15) is 0 Å². The Hall–Kier alpha value is -0.0800. The van der Waals surface area contributed by atoms with Crippen molar-refractivity contribution in [2.75, 3.05) is 0 Å². The molecule has 78 valence electrons. The first-order chi connectivity index (χ1) is 6.16. The van der Waals surface area contributed by atoms with Crippen molar-refractivity contribution in [2.24, 2.45) is 0 Å². The second kappa shape index (κ2) is 4.97. The molecule has 1 aliphatic carbocycles. The van der Waals surface area contributed by atoms with Gasteiger partial charge in [0.15, 0.2) is 6.29 Å². The lowest BCUT2D eigenvalue weighted by Gasteiger charge is -2.35. The van der Waals surface area contributed by atoms with Gasteiger partial charge in [-0.25, -0.2) is 0 Å². The summed E-state index contributed by atoms with van der Waals surface area (Å²) in [6.45, 7) is 4.20. The van der Waals surface area contributed by atoms with Crippen LogP contribution in [-0.2, 0) is 4.74 Å². The van der Waals surface area contributed by atoms with Crippen LogP contribution in [0.2, 0.25) is 0 Å². The molecule has 2 heteroatoms. The molecule has 0 heterocycles. The first-order valence-electron chi connectivity index (χ1n) is 5.52. The molecule has 1 fully saturated rings. The van der Waals surface area contributed by atoms with Crippen LogP contribution in [0.5, 0.6) is 0 Å². The van der Waals surface area contributed by atoms with Crippen LogP contribution in [0, 0.1) is 0 Å². The maximum absolute atomic E-state index is 9.54. The Morgan fingerprint density at radius 3 is 2.46 bits per heavy atom. The van der Waals surface area contributed by atoms with E-state index in [1.165, 1.54) is 19.3 Å². The molecule has 1 atom stereocenters. The van der Waals surface area contributed by atoms with E-state index in [1.807, 2.05) is 0 Å². The largest absolute Gasteiger partial charge is 0.368 e. The molecule has 0 saturated heterocycles. The third-order valence-electron chi connectivity index (χ3n) is 2.87. The predicted molar refractivity (Wildman–Crippen MR) is 53.5 cm³/mol. The molecule has 1 rings (SSSR count). The predicted octanol–water partition coefficient (Wildman–Crippen LogP) is 2.84. The number of rotatable bonds is 4. The fourth-order valence-electron chi connectivity index (χ4n) is 2.05. The minimum atomic E-state index is -0.548. The molecule has 0 amide bonds. The molecule has 2 nitrogen and oxygen atoms in total. The summed E-state index contributed by atoms with van der Waals surface area (Å²) in [5, 5.41) is 9.54. The summed E-state index contributed by atoms with van der Waals surface area (Å²) in [4.78, 5) is 0. The smallest absolute Gasteiger partial charge is 0.155 e. The Morgan fingerprint density at radius 2 is 1.92 bits per heavy atom. The van der Waals surface area contributed by atoms with Gasteiger partial charge in [-0.3, -0.25) is 0 Å². The van der Waals surface area contributed by atoms with Gasteiger partial charge in [0, 0.05) is 0 Å². The zero-order valence-electron chi connectivity index (χ0n) is 8.88. The Labute approximate surface area is 81.3 Å². The van der Waals surface area contributed by atoms with E-state index in [9.17, 15) is 5.11 Å². The van der Waals surface area contributed by atoms with E-state index in [0.29, 0.717) is 0 Å². The summed E-state index contributed by atoms with van der Waals surface area (Å²) in [6.07, 6.45) is 7.22. The molecule has 0 radical (unpaired) electrons. The van der Waals surface area contributed by atoms with Crippen molar-refractivity contribution in [1.29, 1.82) is 0 Å².